The first-order chi connectivity index (χ1) is 15.5. The van der Waals surface area contributed by atoms with E-state index in [9.17, 15) is 4.79 Å². The molecule has 6 heteroatoms. The largest absolute Gasteiger partial charge is 0.497 e. The van der Waals surface area contributed by atoms with Crippen molar-refractivity contribution in [3.05, 3.63) is 65.4 Å². The van der Waals surface area contributed by atoms with Crippen molar-refractivity contribution < 1.29 is 14.3 Å². The summed E-state index contributed by atoms with van der Waals surface area (Å²) in [4.78, 5) is 22.5. The van der Waals surface area contributed by atoms with Gasteiger partial charge < -0.3 is 14.4 Å². The van der Waals surface area contributed by atoms with Gasteiger partial charge in [-0.05, 0) is 36.2 Å². The molecule has 1 fully saturated rings. The molecule has 6 nitrogen and oxygen atoms in total. The monoisotopic (exact) mass is 433 g/mol. The number of pyridine rings is 1. The number of methoxy groups -OCH3 is 2. The van der Waals surface area contributed by atoms with Crippen molar-refractivity contribution in [3.8, 4) is 11.5 Å². The Morgan fingerprint density at radius 2 is 1.75 bits per heavy atom. The van der Waals surface area contributed by atoms with Crippen LogP contribution in [-0.2, 0) is 6.54 Å². The van der Waals surface area contributed by atoms with Gasteiger partial charge in [0.2, 0.25) is 0 Å². The zero-order chi connectivity index (χ0) is 22.7. The maximum Gasteiger partial charge on any atom is 0.254 e. The standard InChI is InChI=1S/C26H31N3O3/c1-18(2)24-16-22(21-7-5-6-8-23(21)27-24)26(30)29-13-11-28(12-14-29)17-19-15-20(31-3)9-10-25(19)32-4/h5-10,15-16,18H,11-14,17H2,1-4H3. The third-order valence-electron chi connectivity index (χ3n) is 6.10. The molecule has 168 valence electrons. The zero-order valence-corrected chi connectivity index (χ0v) is 19.3. The molecule has 2 aromatic carbocycles. The molecule has 0 bridgehead atoms. The van der Waals surface area contributed by atoms with E-state index in [1.54, 1.807) is 14.2 Å². The van der Waals surface area contributed by atoms with Gasteiger partial charge in [-0.2, -0.15) is 0 Å². The van der Waals surface area contributed by atoms with Crippen LogP contribution in [0.15, 0.2) is 48.5 Å². The van der Waals surface area contributed by atoms with E-state index in [1.165, 1.54) is 0 Å². The Bertz CT molecular complexity index is 1100. The van der Waals surface area contributed by atoms with Crippen molar-refractivity contribution in [2.45, 2.75) is 26.3 Å². The molecule has 4 rings (SSSR count). The van der Waals surface area contributed by atoms with Gasteiger partial charge in [0, 0.05) is 49.4 Å². The summed E-state index contributed by atoms with van der Waals surface area (Å²) in [6.45, 7) is 7.99. The van der Waals surface area contributed by atoms with Crippen LogP contribution in [0, 0.1) is 0 Å². The van der Waals surface area contributed by atoms with Crippen molar-refractivity contribution >= 4 is 16.8 Å². The van der Waals surface area contributed by atoms with Crippen LogP contribution in [0.4, 0.5) is 0 Å². The molecule has 0 spiro atoms. The Balaban J connectivity index is 1.49. The highest BCUT2D eigenvalue weighted by Gasteiger charge is 2.25. The molecule has 1 aliphatic rings. The predicted octanol–water partition coefficient (Wildman–Crippen LogP) is 4.33. The lowest BCUT2D eigenvalue weighted by Crippen LogP contribution is -2.48. The van der Waals surface area contributed by atoms with E-state index in [1.807, 2.05) is 53.4 Å². The summed E-state index contributed by atoms with van der Waals surface area (Å²) in [5.74, 6) is 2.03. The minimum Gasteiger partial charge on any atom is -0.497 e. The third kappa shape index (κ3) is 4.55. The SMILES string of the molecule is COc1ccc(OC)c(CN2CCN(C(=O)c3cc(C(C)C)nc4ccccc34)CC2)c1. The van der Waals surface area contributed by atoms with Gasteiger partial charge in [0.15, 0.2) is 0 Å². The molecule has 0 unspecified atom stereocenters. The van der Waals surface area contributed by atoms with Crippen LogP contribution in [0.25, 0.3) is 10.9 Å². The average Bonchev–Trinajstić information content (AvgIpc) is 2.83. The second-order valence-electron chi connectivity index (χ2n) is 8.51. The fourth-order valence-electron chi connectivity index (χ4n) is 4.19. The van der Waals surface area contributed by atoms with Gasteiger partial charge in [-0.1, -0.05) is 32.0 Å². The lowest BCUT2D eigenvalue weighted by Gasteiger charge is -2.35. The van der Waals surface area contributed by atoms with E-state index < -0.39 is 0 Å². The number of amides is 1. The molecule has 1 amide bonds. The van der Waals surface area contributed by atoms with Crippen molar-refractivity contribution in [2.24, 2.45) is 0 Å². The summed E-state index contributed by atoms with van der Waals surface area (Å²) >= 11 is 0. The van der Waals surface area contributed by atoms with Gasteiger partial charge in [0.1, 0.15) is 11.5 Å². The number of nitrogens with zero attached hydrogens (tertiary/aromatic N) is 3. The normalized spacial score (nSPS) is 14.7. The Hall–Kier alpha value is -3.12. The second-order valence-corrected chi connectivity index (χ2v) is 8.51. The quantitative estimate of drug-likeness (QED) is 0.579. The number of para-hydroxylation sites is 1. The van der Waals surface area contributed by atoms with E-state index >= 15 is 0 Å². The maximum absolute atomic E-state index is 13.5. The van der Waals surface area contributed by atoms with Crippen LogP contribution < -0.4 is 9.47 Å². The number of hydrogen-bond acceptors (Lipinski definition) is 5. The summed E-state index contributed by atoms with van der Waals surface area (Å²) in [7, 11) is 3.36. The maximum atomic E-state index is 13.5. The van der Waals surface area contributed by atoms with Crippen molar-refractivity contribution in [3.63, 3.8) is 0 Å². The van der Waals surface area contributed by atoms with Crippen molar-refractivity contribution in [1.82, 2.24) is 14.8 Å². The van der Waals surface area contributed by atoms with Crippen LogP contribution in [0.3, 0.4) is 0 Å². The van der Waals surface area contributed by atoms with Crippen LogP contribution in [0.5, 0.6) is 11.5 Å². The molecule has 1 aliphatic heterocycles. The first kappa shape index (κ1) is 22.1. The molecule has 3 aromatic rings. The summed E-state index contributed by atoms with van der Waals surface area (Å²) < 4.78 is 10.9. The summed E-state index contributed by atoms with van der Waals surface area (Å²) in [5, 5.41) is 0.922. The molecular weight excluding hydrogens is 402 g/mol. The predicted molar refractivity (Wildman–Crippen MR) is 127 cm³/mol. The molecule has 0 aliphatic carbocycles. The minimum absolute atomic E-state index is 0.0871. The second kappa shape index (κ2) is 9.57. The van der Waals surface area contributed by atoms with E-state index in [0.717, 1.165) is 58.9 Å². The van der Waals surface area contributed by atoms with Gasteiger partial charge in [-0.15, -0.1) is 0 Å². The van der Waals surface area contributed by atoms with Crippen molar-refractivity contribution in [2.75, 3.05) is 40.4 Å². The van der Waals surface area contributed by atoms with E-state index in [-0.39, 0.29) is 11.8 Å². The van der Waals surface area contributed by atoms with Crippen LogP contribution in [0.1, 0.15) is 41.4 Å². The number of fused-ring (bicyclic) bond motifs is 1. The Labute approximate surface area is 189 Å². The highest BCUT2D eigenvalue weighted by molar-refractivity contribution is 6.06. The summed E-state index contributed by atoms with van der Waals surface area (Å²) in [6, 6.07) is 15.8. The Morgan fingerprint density at radius 3 is 2.44 bits per heavy atom. The van der Waals surface area contributed by atoms with Gasteiger partial charge in [0.25, 0.3) is 5.91 Å². The first-order valence-corrected chi connectivity index (χ1v) is 11.1. The number of rotatable bonds is 6. The number of ether oxygens (including phenoxy) is 2. The van der Waals surface area contributed by atoms with E-state index in [0.29, 0.717) is 13.1 Å². The lowest BCUT2D eigenvalue weighted by atomic mass is 10.0. The topological polar surface area (TPSA) is 54.9 Å². The molecular formula is C26H31N3O3. The van der Waals surface area contributed by atoms with Crippen LogP contribution in [-0.4, -0.2) is 61.1 Å². The summed E-state index contributed by atoms with van der Waals surface area (Å²) in [6.07, 6.45) is 0. The highest BCUT2D eigenvalue weighted by atomic mass is 16.5. The van der Waals surface area contributed by atoms with Gasteiger partial charge in [0.05, 0.1) is 25.3 Å². The van der Waals surface area contributed by atoms with Gasteiger partial charge >= 0.3 is 0 Å². The minimum atomic E-state index is 0.0871. The van der Waals surface area contributed by atoms with Crippen LogP contribution in [0.2, 0.25) is 0 Å². The first-order valence-electron chi connectivity index (χ1n) is 11.1. The van der Waals surface area contributed by atoms with E-state index in [2.05, 4.69) is 18.7 Å². The smallest absolute Gasteiger partial charge is 0.254 e. The molecule has 2 heterocycles. The number of carbonyl (C=O) groups is 1. The molecule has 1 saturated heterocycles. The zero-order valence-electron chi connectivity index (χ0n) is 19.3. The Morgan fingerprint density at radius 1 is 1.00 bits per heavy atom. The average molecular weight is 434 g/mol. The third-order valence-corrected chi connectivity index (χ3v) is 6.10. The van der Waals surface area contributed by atoms with Gasteiger partial charge in [-0.3, -0.25) is 14.7 Å². The molecule has 0 radical (unpaired) electrons. The molecule has 1 aromatic heterocycles. The molecule has 0 atom stereocenters. The number of aromatic nitrogens is 1. The molecule has 0 saturated carbocycles. The van der Waals surface area contributed by atoms with Crippen LogP contribution >= 0.6 is 0 Å². The summed E-state index contributed by atoms with van der Waals surface area (Å²) in [5.41, 5.74) is 3.68. The number of hydrogen-bond donors (Lipinski definition) is 0. The Kier molecular flexibility index (Phi) is 6.61. The van der Waals surface area contributed by atoms with Gasteiger partial charge in [-0.25, -0.2) is 0 Å². The number of piperazine rings is 1. The van der Waals surface area contributed by atoms with E-state index in [4.69, 9.17) is 14.5 Å². The fraction of sp³-hybridized carbons (Fsp3) is 0.385. The number of benzene rings is 2. The molecule has 32 heavy (non-hydrogen) atoms. The molecule has 0 N–H and O–H groups in total. The lowest BCUT2D eigenvalue weighted by molar-refractivity contribution is 0.0629. The number of carbonyl (C=O) groups excluding carboxylic acids is 1. The fourth-order valence-corrected chi connectivity index (χ4v) is 4.19. The highest BCUT2D eigenvalue weighted by Crippen LogP contribution is 2.27. The van der Waals surface area contributed by atoms with Crippen molar-refractivity contribution in [1.29, 1.82) is 0 Å².